The molecule has 31 heavy (non-hydrogen) atoms. The summed E-state index contributed by atoms with van der Waals surface area (Å²) in [6, 6.07) is 18.3. The van der Waals surface area contributed by atoms with Crippen molar-refractivity contribution in [1.29, 1.82) is 0 Å². The van der Waals surface area contributed by atoms with Crippen molar-refractivity contribution in [3.63, 3.8) is 0 Å². The Morgan fingerprint density at radius 3 is 2.35 bits per heavy atom. The standard InChI is InChI=1S/C22H25N5O3S/c23-31(29,30)19-8-6-16(7-9-19)15-24-22-25-20(17-4-2-1-3-5-17)14-21(26-22)27-12-10-18(28)11-13-27/h1-9,14,18,28H,10-13,15H2,(H2,23,29,30)(H,24,25,26). The number of primary sulfonamides is 1. The summed E-state index contributed by atoms with van der Waals surface area (Å²) in [5.74, 6) is 1.30. The minimum Gasteiger partial charge on any atom is -0.393 e. The minimum absolute atomic E-state index is 0.0770. The van der Waals surface area contributed by atoms with Crippen LogP contribution in [0.3, 0.4) is 0 Å². The van der Waals surface area contributed by atoms with Gasteiger partial charge in [-0.3, -0.25) is 0 Å². The lowest BCUT2D eigenvalue weighted by molar-refractivity contribution is 0.145. The molecule has 9 heteroatoms. The van der Waals surface area contributed by atoms with Crippen molar-refractivity contribution in [2.24, 2.45) is 5.14 Å². The van der Waals surface area contributed by atoms with Gasteiger partial charge < -0.3 is 15.3 Å². The lowest BCUT2D eigenvalue weighted by Crippen LogP contribution is -2.36. The van der Waals surface area contributed by atoms with Crippen LogP contribution in [-0.4, -0.2) is 42.7 Å². The Kier molecular flexibility index (Phi) is 6.17. The number of piperidine rings is 1. The second kappa shape index (κ2) is 9.01. The van der Waals surface area contributed by atoms with Gasteiger partial charge in [0.2, 0.25) is 16.0 Å². The summed E-state index contributed by atoms with van der Waals surface area (Å²) in [5.41, 5.74) is 2.68. The molecule has 2 aromatic carbocycles. The first-order chi connectivity index (χ1) is 14.9. The van der Waals surface area contributed by atoms with Crippen molar-refractivity contribution >= 4 is 21.8 Å². The Balaban J connectivity index is 1.58. The van der Waals surface area contributed by atoms with Gasteiger partial charge in [0.1, 0.15) is 5.82 Å². The van der Waals surface area contributed by atoms with Crippen LogP contribution < -0.4 is 15.4 Å². The van der Waals surface area contributed by atoms with E-state index in [9.17, 15) is 13.5 Å². The average Bonchev–Trinajstić information content (AvgIpc) is 2.78. The summed E-state index contributed by atoms with van der Waals surface area (Å²) in [6.45, 7) is 1.91. The summed E-state index contributed by atoms with van der Waals surface area (Å²) in [7, 11) is -3.71. The van der Waals surface area contributed by atoms with Gasteiger partial charge >= 0.3 is 0 Å². The molecular formula is C22H25N5O3S. The highest BCUT2D eigenvalue weighted by Gasteiger charge is 2.20. The summed E-state index contributed by atoms with van der Waals surface area (Å²) >= 11 is 0. The Bertz CT molecular complexity index is 1130. The van der Waals surface area contributed by atoms with Crippen molar-refractivity contribution in [3.8, 4) is 11.3 Å². The molecular weight excluding hydrogens is 414 g/mol. The third-order valence-corrected chi connectivity index (χ3v) is 6.20. The van der Waals surface area contributed by atoms with Crippen LogP contribution in [0.4, 0.5) is 11.8 Å². The Morgan fingerprint density at radius 2 is 1.71 bits per heavy atom. The van der Waals surface area contributed by atoms with Crippen molar-refractivity contribution in [2.45, 2.75) is 30.4 Å². The molecule has 0 saturated carbocycles. The second-order valence-corrected chi connectivity index (χ2v) is 9.12. The fourth-order valence-corrected chi connectivity index (χ4v) is 4.02. The highest BCUT2D eigenvalue weighted by atomic mass is 32.2. The smallest absolute Gasteiger partial charge is 0.238 e. The number of aromatic nitrogens is 2. The maximum atomic E-state index is 11.4. The normalized spacial score (nSPS) is 15.1. The molecule has 1 saturated heterocycles. The number of benzene rings is 2. The lowest BCUT2D eigenvalue weighted by Gasteiger charge is -2.30. The molecule has 0 spiro atoms. The van der Waals surface area contributed by atoms with Crippen LogP contribution in [-0.2, 0) is 16.6 Å². The average molecular weight is 440 g/mol. The van der Waals surface area contributed by atoms with E-state index in [0.29, 0.717) is 25.3 Å². The van der Waals surface area contributed by atoms with E-state index in [1.807, 2.05) is 36.4 Å². The molecule has 2 heterocycles. The van der Waals surface area contributed by atoms with Crippen LogP contribution in [0.25, 0.3) is 11.3 Å². The van der Waals surface area contributed by atoms with E-state index in [4.69, 9.17) is 5.14 Å². The summed E-state index contributed by atoms with van der Waals surface area (Å²) in [6.07, 6.45) is 1.16. The molecule has 0 atom stereocenters. The molecule has 4 N–H and O–H groups in total. The van der Waals surface area contributed by atoms with E-state index in [-0.39, 0.29) is 11.0 Å². The predicted octanol–water partition coefficient (Wildman–Crippen LogP) is 2.36. The molecule has 1 aliphatic rings. The first-order valence-electron chi connectivity index (χ1n) is 10.1. The Labute approximate surface area is 181 Å². The largest absolute Gasteiger partial charge is 0.393 e. The van der Waals surface area contributed by atoms with Gasteiger partial charge in [-0.1, -0.05) is 42.5 Å². The van der Waals surface area contributed by atoms with Gasteiger partial charge in [-0.2, -0.15) is 4.98 Å². The van der Waals surface area contributed by atoms with Gasteiger partial charge in [0.05, 0.1) is 16.7 Å². The lowest BCUT2D eigenvalue weighted by atomic mass is 10.1. The van der Waals surface area contributed by atoms with Gasteiger partial charge in [0, 0.05) is 31.3 Å². The van der Waals surface area contributed by atoms with Crippen molar-refractivity contribution in [1.82, 2.24) is 9.97 Å². The van der Waals surface area contributed by atoms with E-state index < -0.39 is 10.0 Å². The van der Waals surface area contributed by atoms with Crippen LogP contribution in [0.1, 0.15) is 18.4 Å². The summed E-state index contributed by atoms with van der Waals surface area (Å²) in [4.78, 5) is 11.6. The molecule has 0 amide bonds. The summed E-state index contributed by atoms with van der Waals surface area (Å²) < 4.78 is 22.9. The molecule has 1 aliphatic heterocycles. The zero-order valence-corrected chi connectivity index (χ0v) is 17.8. The summed E-state index contributed by atoms with van der Waals surface area (Å²) in [5, 5.41) is 18.2. The van der Waals surface area contributed by atoms with E-state index in [1.54, 1.807) is 12.1 Å². The van der Waals surface area contributed by atoms with Crippen molar-refractivity contribution < 1.29 is 13.5 Å². The Hall–Kier alpha value is -3.01. The molecule has 1 aromatic heterocycles. The van der Waals surface area contributed by atoms with E-state index in [1.165, 1.54) is 12.1 Å². The van der Waals surface area contributed by atoms with Gasteiger partial charge in [-0.05, 0) is 30.5 Å². The molecule has 4 rings (SSSR count). The number of aliphatic hydroxyl groups excluding tert-OH is 1. The molecule has 0 unspecified atom stereocenters. The fourth-order valence-electron chi connectivity index (χ4n) is 3.51. The van der Waals surface area contributed by atoms with E-state index >= 15 is 0 Å². The molecule has 0 bridgehead atoms. The molecule has 8 nitrogen and oxygen atoms in total. The molecule has 0 radical (unpaired) electrons. The number of nitrogens with zero attached hydrogens (tertiary/aromatic N) is 3. The fraction of sp³-hybridized carbons (Fsp3) is 0.273. The topological polar surface area (TPSA) is 121 Å². The molecule has 1 fully saturated rings. The van der Waals surface area contributed by atoms with Gasteiger partial charge in [-0.25, -0.2) is 18.5 Å². The van der Waals surface area contributed by atoms with Crippen LogP contribution in [0.15, 0.2) is 65.6 Å². The molecule has 0 aliphatic carbocycles. The zero-order valence-electron chi connectivity index (χ0n) is 17.0. The maximum absolute atomic E-state index is 11.4. The minimum atomic E-state index is -3.71. The van der Waals surface area contributed by atoms with E-state index in [2.05, 4.69) is 20.2 Å². The first-order valence-corrected chi connectivity index (χ1v) is 11.7. The zero-order chi connectivity index (χ0) is 21.8. The quantitative estimate of drug-likeness (QED) is 0.539. The van der Waals surface area contributed by atoms with Gasteiger partial charge in [0.25, 0.3) is 0 Å². The predicted molar refractivity (Wildman–Crippen MR) is 120 cm³/mol. The molecule has 3 aromatic rings. The monoisotopic (exact) mass is 439 g/mol. The van der Waals surface area contributed by atoms with Gasteiger partial charge in [-0.15, -0.1) is 0 Å². The number of nitrogens with one attached hydrogen (secondary N) is 1. The number of hydrogen-bond acceptors (Lipinski definition) is 7. The Morgan fingerprint density at radius 1 is 1.03 bits per heavy atom. The van der Waals surface area contributed by atoms with Crippen LogP contribution in [0.2, 0.25) is 0 Å². The SMILES string of the molecule is NS(=O)(=O)c1ccc(CNc2nc(-c3ccccc3)cc(N3CCC(O)CC3)n2)cc1. The molecule has 162 valence electrons. The second-order valence-electron chi connectivity index (χ2n) is 7.56. The maximum Gasteiger partial charge on any atom is 0.238 e. The number of rotatable bonds is 6. The highest BCUT2D eigenvalue weighted by Crippen LogP contribution is 2.26. The van der Waals surface area contributed by atoms with Crippen LogP contribution in [0, 0.1) is 0 Å². The van der Waals surface area contributed by atoms with E-state index in [0.717, 1.165) is 35.7 Å². The first kappa shape index (κ1) is 21.2. The third-order valence-electron chi connectivity index (χ3n) is 5.27. The highest BCUT2D eigenvalue weighted by molar-refractivity contribution is 7.89. The number of aliphatic hydroxyl groups is 1. The number of sulfonamides is 1. The number of anilines is 2. The number of hydrogen-bond donors (Lipinski definition) is 3. The van der Waals surface area contributed by atoms with Crippen LogP contribution in [0.5, 0.6) is 0 Å². The third kappa shape index (κ3) is 5.38. The number of nitrogens with two attached hydrogens (primary N) is 1. The van der Waals surface area contributed by atoms with Crippen molar-refractivity contribution in [2.75, 3.05) is 23.3 Å². The van der Waals surface area contributed by atoms with Crippen LogP contribution >= 0.6 is 0 Å². The van der Waals surface area contributed by atoms with Gasteiger partial charge in [0.15, 0.2) is 0 Å². The van der Waals surface area contributed by atoms with Crippen molar-refractivity contribution in [3.05, 3.63) is 66.2 Å².